The van der Waals surface area contributed by atoms with Gasteiger partial charge in [0, 0.05) is 37.7 Å². The van der Waals surface area contributed by atoms with E-state index in [4.69, 9.17) is 0 Å². The summed E-state index contributed by atoms with van der Waals surface area (Å²) in [6.45, 7) is 3.92. The molecule has 25 heavy (non-hydrogen) atoms. The van der Waals surface area contributed by atoms with E-state index in [-0.39, 0.29) is 0 Å². The van der Waals surface area contributed by atoms with Crippen molar-refractivity contribution in [3.63, 3.8) is 0 Å². The zero-order valence-corrected chi connectivity index (χ0v) is 14.4. The maximum atomic E-state index is 4.54. The van der Waals surface area contributed by atoms with Gasteiger partial charge in [0.1, 0.15) is 0 Å². The smallest absolute Gasteiger partial charge is 0.233 e. The van der Waals surface area contributed by atoms with E-state index >= 15 is 0 Å². The molecule has 0 radical (unpaired) electrons. The number of hydrogen-bond acceptors (Lipinski definition) is 5. The van der Waals surface area contributed by atoms with Gasteiger partial charge in [0.25, 0.3) is 0 Å². The lowest BCUT2D eigenvalue weighted by atomic mass is 10.1. The molecule has 0 saturated carbocycles. The van der Waals surface area contributed by atoms with Crippen molar-refractivity contribution in [1.29, 1.82) is 0 Å². The molecule has 130 valence electrons. The fourth-order valence-electron chi connectivity index (χ4n) is 3.58. The molecule has 1 atom stereocenters. The van der Waals surface area contributed by atoms with Gasteiger partial charge in [-0.2, -0.15) is 0 Å². The fraction of sp³-hybridized carbons (Fsp3) is 0.421. The van der Waals surface area contributed by atoms with Gasteiger partial charge in [-0.25, -0.2) is 9.97 Å². The van der Waals surface area contributed by atoms with Crippen LogP contribution in [-0.2, 0) is 13.1 Å². The third-order valence-electron chi connectivity index (χ3n) is 4.88. The first-order valence-corrected chi connectivity index (χ1v) is 9.02. The summed E-state index contributed by atoms with van der Waals surface area (Å²) in [5.41, 5.74) is 2.29. The topological polar surface area (TPSA) is 58.4 Å². The Morgan fingerprint density at radius 1 is 1.04 bits per heavy atom. The van der Waals surface area contributed by atoms with Gasteiger partial charge < -0.3 is 5.32 Å². The van der Waals surface area contributed by atoms with E-state index in [9.17, 15) is 0 Å². The molecule has 3 aromatic rings. The largest absolute Gasteiger partial charge is 0.317 e. The van der Waals surface area contributed by atoms with Crippen molar-refractivity contribution < 1.29 is 0 Å². The fourth-order valence-corrected chi connectivity index (χ4v) is 3.58. The molecule has 0 amide bonds. The molecule has 1 N–H and O–H groups in total. The van der Waals surface area contributed by atoms with Crippen LogP contribution in [0, 0.1) is 0 Å². The van der Waals surface area contributed by atoms with E-state index in [0.717, 1.165) is 37.7 Å². The summed E-state index contributed by atoms with van der Waals surface area (Å²) >= 11 is 0. The predicted octanol–water partition coefficient (Wildman–Crippen LogP) is 2.27. The van der Waals surface area contributed by atoms with E-state index < -0.39 is 0 Å². The Bertz CT molecular complexity index is 792. The van der Waals surface area contributed by atoms with Crippen LogP contribution in [0.4, 0.5) is 0 Å². The number of aromatic nitrogens is 4. The minimum absolute atomic E-state index is 0.555. The number of nitrogens with one attached hydrogen (secondary N) is 1. The zero-order chi connectivity index (χ0) is 16.9. The van der Waals surface area contributed by atoms with Crippen molar-refractivity contribution in [2.75, 3.05) is 13.1 Å². The molecule has 6 heteroatoms. The lowest BCUT2D eigenvalue weighted by Crippen LogP contribution is -2.35. The quantitative estimate of drug-likeness (QED) is 0.774. The van der Waals surface area contributed by atoms with Gasteiger partial charge in [-0.3, -0.25) is 14.3 Å². The second kappa shape index (κ2) is 7.72. The van der Waals surface area contributed by atoms with Crippen LogP contribution in [0.3, 0.4) is 0 Å². The van der Waals surface area contributed by atoms with Gasteiger partial charge in [0.15, 0.2) is 0 Å². The van der Waals surface area contributed by atoms with Crippen molar-refractivity contribution >= 4 is 5.78 Å². The molecule has 1 fully saturated rings. The molecule has 1 unspecified atom stereocenters. The Kier molecular flexibility index (Phi) is 4.99. The molecule has 1 aliphatic rings. The average Bonchev–Trinajstić information content (AvgIpc) is 2.88. The van der Waals surface area contributed by atoms with Crippen molar-refractivity contribution in [2.24, 2.45) is 0 Å². The first-order chi connectivity index (χ1) is 12.4. The van der Waals surface area contributed by atoms with Crippen molar-refractivity contribution in [3.05, 3.63) is 60.4 Å². The summed E-state index contributed by atoms with van der Waals surface area (Å²) in [5, 5.41) is 3.51. The van der Waals surface area contributed by atoms with Gasteiger partial charge in [-0.1, -0.05) is 6.07 Å². The highest BCUT2D eigenvalue weighted by Gasteiger charge is 2.22. The Morgan fingerprint density at radius 3 is 2.92 bits per heavy atom. The number of fused-ring (bicyclic) bond motifs is 1. The molecular formula is C19H24N6. The predicted molar refractivity (Wildman–Crippen MR) is 97.0 cm³/mol. The molecule has 0 bridgehead atoms. The first kappa shape index (κ1) is 16.2. The molecule has 0 aromatic carbocycles. The highest BCUT2D eigenvalue weighted by Crippen LogP contribution is 2.19. The summed E-state index contributed by atoms with van der Waals surface area (Å²) in [6, 6.07) is 8.65. The Labute approximate surface area is 147 Å². The molecule has 0 spiro atoms. The first-order valence-electron chi connectivity index (χ1n) is 9.02. The lowest BCUT2D eigenvalue weighted by Gasteiger charge is -2.30. The third kappa shape index (κ3) is 3.86. The minimum atomic E-state index is 0.555. The van der Waals surface area contributed by atoms with Gasteiger partial charge in [0.05, 0.1) is 17.6 Å². The molecule has 6 nitrogen and oxygen atoms in total. The summed E-state index contributed by atoms with van der Waals surface area (Å²) in [5.74, 6) is 0.762. The van der Waals surface area contributed by atoms with Crippen LogP contribution < -0.4 is 5.32 Å². The SMILES string of the molecule is c1ccc(CN(Cc2cnc3ncccn23)C2CCCNCC2)nc1. The van der Waals surface area contributed by atoms with Crippen molar-refractivity contribution in [2.45, 2.75) is 38.4 Å². The zero-order valence-electron chi connectivity index (χ0n) is 14.4. The third-order valence-corrected chi connectivity index (χ3v) is 4.88. The average molecular weight is 336 g/mol. The summed E-state index contributed by atoms with van der Waals surface area (Å²) in [7, 11) is 0. The summed E-state index contributed by atoms with van der Waals surface area (Å²) in [4.78, 5) is 15.9. The van der Waals surface area contributed by atoms with E-state index in [2.05, 4.69) is 41.7 Å². The van der Waals surface area contributed by atoms with E-state index in [1.54, 1.807) is 6.20 Å². The molecule has 3 aromatic heterocycles. The van der Waals surface area contributed by atoms with Gasteiger partial charge >= 0.3 is 0 Å². The highest BCUT2D eigenvalue weighted by atomic mass is 15.2. The normalized spacial score (nSPS) is 18.5. The Morgan fingerprint density at radius 2 is 2.00 bits per heavy atom. The van der Waals surface area contributed by atoms with Crippen LogP contribution in [0.1, 0.15) is 30.7 Å². The molecular weight excluding hydrogens is 312 g/mol. The van der Waals surface area contributed by atoms with Gasteiger partial charge in [-0.15, -0.1) is 0 Å². The lowest BCUT2D eigenvalue weighted by molar-refractivity contribution is 0.160. The van der Waals surface area contributed by atoms with E-state index in [1.807, 2.05) is 30.7 Å². The van der Waals surface area contributed by atoms with Gasteiger partial charge in [0.2, 0.25) is 5.78 Å². The number of imidazole rings is 1. The van der Waals surface area contributed by atoms with Crippen LogP contribution in [0.25, 0.3) is 5.78 Å². The Hall–Kier alpha value is -2.31. The number of pyridine rings is 1. The summed E-state index contributed by atoms with van der Waals surface area (Å²) in [6.07, 6.45) is 11.3. The molecule has 4 rings (SSSR count). The second-order valence-electron chi connectivity index (χ2n) is 6.60. The number of rotatable bonds is 5. The number of nitrogens with zero attached hydrogens (tertiary/aromatic N) is 5. The Balaban J connectivity index is 1.59. The van der Waals surface area contributed by atoms with E-state index in [1.165, 1.54) is 25.0 Å². The van der Waals surface area contributed by atoms with Crippen molar-refractivity contribution in [1.82, 2.24) is 29.6 Å². The molecule has 4 heterocycles. The van der Waals surface area contributed by atoms with Gasteiger partial charge in [-0.05, 0) is 50.6 Å². The van der Waals surface area contributed by atoms with E-state index in [0.29, 0.717) is 6.04 Å². The van der Waals surface area contributed by atoms with Crippen LogP contribution in [0.15, 0.2) is 49.1 Å². The molecule has 1 saturated heterocycles. The molecule has 0 aliphatic carbocycles. The second-order valence-corrected chi connectivity index (χ2v) is 6.60. The number of hydrogen-bond donors (Lipinski definition) is 1. The monoisotopic (exact) mass is 336 g/mol. The van der Waals surface area contributed by atoms with Crippen LogP contribution in [-0.4, -0.2) is 43.4 Å². The van der Waals surface area contributed by atoms with Crippen LogP contribution >= 0.6 is 0 Å². The maximum absolute atomic E-state index is 4.54. The highest BCUT2D eigenvalue weighted by molar-refractivity contribution is 5.30. The standard InChI is InChI=1S/C19H24N6/c1-2-9-21-16(5-1)14-24(17-6-3-8-20-11-7-17)15-18-13-23-19-22-10-4-12-25(18)19/h1-2,4-5,9-10,12-13,17,20H,3,6-8,11,14-15H2. The molecule has 1 aliphatic heterocycles. The summed E-state index contributed by atoms with van der Waals surface area (Å²) < 4.78 is 2.08. The van der Waals surface area contributed by atoms with Crippen LogP contribution in [0.5, 0.6) is 0 Å². The minimum Gasteiger partial charge on any atom is -0.317 e. The maximum Gasteiger partial charge on any atom is 0.233 e. The van der Waals surface area contributed by atoms with Crippen LogP contribution in [0.2, 0.25) is 0 Å². The van der Waals surface area contributed by atoms with Crippen molar-refractivity contribution in [3.8, 4) is 0 Å².